The van der Waals surface area contributed by atoms with Crippen LogP contribution in [0.4, 0.5) is 5.69 Å². The maximum Gasteiger partial charge on any atom is 0.234 e. The van der Waals surface area contributed by atoms with E-state index >= 15 is 0 Å². The number of anilines is 1. The summed E-state index contributed by atoms with van der Waals surface area (Å²) in [5.41, 5.74) is 4.28. The molecule has 0 aromatic carbocycles. The van der Waals surface area contributed by atoms with Crippen LogP contribution in [0.1, 0.15) is 19.5 Å². The van der Waals surface area contributed by atoms with E-state index in [2.05, 4.69) is 15.7 Å². The first-order valence-electron chi connectivity index (χ1n) is 6.10. The lowest BCUT2D eigenvalue weighted by Gasteiger charge is -2.19. The van der Waals surface area contributed by atoms with E-state index in [9.17, 15) is 4.79 Å². The third-order valence-corrected chi connectivity index (χ3v) is 2.56. The highest BCUT2D eigenvalue weighted by Crippen LogP contribution is 2.08. The highest BCUT2D eigenvalue weighted by atomic mass is 16.2. The van der Waals surface area contributed by atoms with Crippen molar-refractivity contribution in [2.24, 2.45) is 5.84 Å². The van der Waals surface area contributed by atoms with Crippen LogP contribution in [0.25, 0.3) is 0 Å². The van der Waals surface area contributed by atoms with Crippen molar-refractivity contribution in [3.8, 4) is 0 Å². The summed E-state index contributed by atoms with van der Waals surface area (Å²) < 4.78 is 0. The lowest BCUT2D eigenvalue weighted by atomic mass is 10.3. The number of hydrogen-bond donors (Lipinski definition) is 3. The Labute approximate surface area is 108 Å². The van der Waals surface area contributed by atoms with Gasteiger partial charge in [0.25, 0.3) is 0 Å². The van der Waals surface area contributed by atoms with Gasteiger partial charge >= 0.3 is 0 Å². The van der Waals surface area contributed by atoms with E-state index in [-0.39, 0.29) is 5.91 Å². The van der Waals surface area contributed by atoms with Crippen molar-refractivity contribution in [3.05, 3.63) is 24.0 Å². The molecule has 0 spiro atoms. The van der Waals surface area contributed by atoms with Crippen molar-refractivity contribution in [1.29, 1.82) is 0 Å². The predicted molar refractivity (Wildman–Crippen MR) is 71.7 cm³/mol. The number of nitrogens with two attached hydrogens (primary N) is 1. The molecule has 0 saturated carbocycles. The number of likely N-dealkylation sites (N-methyl/N-ethyl adjacent to an activating group) is 2. The van der Waals surface area contributed by atoms with Crippen LogP contribution >= 0.6 is 0 Å². The Balaban J connectivity index is 2.58. The summed E-state index contributed by atoms with van der Waals surface area (Å²) in [7, 11) is 0. The molecule has 0 saturated heterocycles. The first-order valence-corrected chi connectivity index (χ1v) is 6.10. The smallest absolute Gasteiger partial charge is 0.234 e. The molecule has 0 aliphatic carbocycles. The van der Waals surface area contributed by atoms with E-state index in [1.807, 2.05) is 24.8 Å². The van der Waals surface area contributed by atoms with Crippen molar-refractivity contribution >= 4 is 11.6 Å². The minimum atomic E-state index is 0.0347. The van der Waals surface area contributed by atoms with Crippen LogP contribution < -0.4 is 16.6 Å². The number of amides is 1. The Bertz CT molecular complexity index is 382. The Hall–Kier alpha value is -1.66. The summed E-state index contributed by atoms with van der Waals surface area (Å²) in [5.74, 6) is 5.38. The van der Waals surface area contributed by atoms with E-state index < -0.39 is 0 Å². The van der Waals surface area contributed by atoms with Crippen LogP contribution in [0.2, 0.25) is 0 Å². The summed E-state index contributed by atoms with van der Waals surface area (Å²) in [6.07, 6.45) is 1.70. The molecule has 1 aromatic rings. The number of nitrogens with one attached hydrogen (secondary N) is 2. The molecule has 0 radical (unpaired) electrons. The van der Waals surface area contributed by atoms with Crippen molar-refractivity contribution in [3.63, 3.8) is 0 Å². The van der Waals surface area contributed by atoms with Crippen molar-refractivity contribution in [2.75, 3.05) is 25.1 Å². The van der Waals surface area contributed by atoms with E-state index in [0.717, 1.165) is 17.9 Å². The fourth-order valence-electron chi connectivity index (χ4n) is 1.62. The SMILES string of the molecule is CCNC(=O)CN(CC)Cc1cc(NN)ccn1. The van der Waals surface area contributed by atoms with Gasteiger partial charge in [-0.05, 0) is 25.6 Å². The molecule has 1 amide bonds. The molecule has 6 nitrogen and oxygen atoms in total. The quantitative estimate of drug-likeness (QED) is 0.480. The molecule has 100 valence electrons. The van der Waals surface area contributed by atoms with Crippen molar-refractivity contribution in [2.45, 2.75) is 20.4 Å². The number of pyridine rings is 1. The van der Waals surface area contributed by atoms with Crippen LogP contribution in [0.15, 0.2) is 18.3 Å². The first-order chi connectivity index (χ1) is 8.69. The molecule has 0 aliphatic rings. The molecule has 6 heteroatoms. The topological polar surface area (TPSA) is 83.3 Å². The van der Waals surface area contributed by atoms with Gasteiger partial charge in [0.1, 0.15) is 0 Å². The molecule has 0 aliphatic heterocycles. The van der Waals surface area contributed by atoms with Gasteiger partial charge in [-0.25, -0.2) is 0 Å². The average Bonchev–Trinajstić information content (AvgIpc) is 2.38. The van der Waals surface area contributed by atoms with Gasteiger partial charge in [-0.15, -0.1) is 0 Å². The van der Waals surface area contributed by atoms with Crippen LogP contribution in [-0.2, 0) is 11.3 Å². The molecule has 0 atom stereocenters. The van der Waals surface area contributed by atoms with Crippen molar-refractivity contribution < 1.29 is 4.79 Å². The van der Waals surface area contributed by atoms with Gasteiger partial charge < -0.3 is 10.7 Å². The zero-order chi connectivity index (χ0) is 13.4. The third-order valence-electron chi connectivity index (χ3n) is 2.56. The number of nitrogen functional groups attached to an aromatic ring is 1. The second-order valence-electron chi connectivity index (χ2n) is 3.94. The molecule has 4 N–H and O–H groups in total. The fourth-order valence-corrected chi connectivity index (χ4v) is 1.62. The zero-order valence-electron chi connectivity index (χ0n) is 10.9. The maximum absolute atomic E-state index is 11.5. The number of carbonyl (C=O) groups is 1. The lowest BCUT2D eigenvalue weighted by Crippen LogP contribution is -2.36. The number of carbonyl (C=O) groups excluding carboxylic acids is 1. The van der Waals surface area contributed by atoms with Gasteiger partial charge in [0.15, 0.2) is 0 Å². The number of aromatic nitrogens is 1. The Morgan fingerprint density at radius 1 is 1.50 bits per heavy atom. The summed E-state index contributed by atoms with van der Waals surface area (Å²) in [4.78, 5) is 17.8. The summed E-state index contributed by atoms with van der Waals surface area (Å²) in [6, 6.07) is 3.67. The minimum Gasteiger partial charge on any atom is -0.355 e. The maximum atomic E-state index is 11.5. The highest BCUT2D eigenvalue weighted by Gasteiger charge is 2.09. The molecular weight excluding hydrogens is 230 g/mol. The molecule has 1 aromatic heterocycles. The van der Waals surface area contributed by atoms with E-state index in [4.69, 9.17) is 5.84 Å². The van der Waals surface area contributed by atoms with Crippen LogP contribution in [0.3, 0.4) is 0 Å². The van der Waals surface area contributed by atoms with Crippen molar-refractivity contribution in [1.82, 2.24) is 15.2 Å². The van der Waals surface area contributed by atoms with Gasteiger partial charge in [-0.2, -0.15) is 0 Å². The zero-order valence-corrected chi connectivity index (χ0v) is 10.9. The monoisotopic (exact) mass is 251 g/mol. The summed E-state index contributed by atoms with van der Waals surface area (Å²) in [6.45, 7) is 6.38. The average molecular weight is 251 g/mol. The highest BCUT2D eigenvalue weighted by molar-refractivity contribution is 5.77. The van der Waals surface area contributed by atoms with Gasteiger partial charge in [0.05, 0.1) is 17.9 Å². The second kappa shape index (κ2) is 7.62. The largest absolute Gasteiger partial charge is 0.355 e. The number of hydrogen-bond acceptors (Lipinski definition) is 5. The number of rotatable bonds is 7. The number of nitrogens with zero attached hydrogens (tertiary/aromatic N) is 2. The standard InChI is InChI=1S/C12H21N5O/c1-3-14-12(18)9-17(4-2)8-11-7-10(16-13)5-6-15-11/h5-7H,3-4,8-9,13H2,1-2H3,(H,14,18)(H,15,16). The Morgan fingerprint density at radius 2 is 2.28 bits per heavy atom. The predicted octanol–water partition coefficient (Wildman–Crippen LogP) is 0.325. The molecule has 18 heavy (non-hydrogen) atoms. The lowest BCUT2D eigenvalue weighted by molar-refractivity contribution is -0.122. The third kappa shape index (κ3) is 4.68. The normalized spacial score (nSPS) is 10.4. The second-order valence-corrected chi connectivity index (χ2v) is 3.94. The summed E-state index contributed by atoms with van der Waals surface area (Å²) >= 11 is 0. The molecule has 0 unspecified atom stereocenters. The van der Waals surface area contributed by atoms with E-state index in [0.29, 0.717) is 19.6 Å². The molecular formula is C12H21N5O. The van der Waals surface area contributed by atoms with Gasteiger partial charge in [-0.3, -0.25) is 20.5 Å². The van der Waals surface area contributed by atoms with Gasteiger partial charge in [0, 0.05) is 19.3 Å². The molecule has 1 rings (SSSR count). The molecule has 0 fully saturated rings. The van der Waals surface area contributed by atoms with Gasteiger partial charge in [0.2, 0.25) is 5.91 Å². The Morgan fingerprint density at radius 3 is 2.89 bits per heavy atom. The Kier molecular flexibility index (Phi) is 6.10. The van der Waals surface area contributed by atoms with Crippen LogP contribution in [0.5, 0.6) is 0 Å². The minimum absolute atomic E-state index is 0.0347. The van der Waals surface area contributed by atoms with Gasteiger partial charge in [-0.1, -0.05) is 6.92 Å². The first kappa shape index (κ1) is 14.4. The van der Waals surface area contributed by atoms with Crippen LogP contribution in [0, 0.1) is 0 Å². The molecule has 0 bridgehead atoms. The van der Waals surface area contributed by atoms with E-state index in [1.165, 1.54) is 0 Å². The van der Waals surface area contributed by atoms with E-state index in [1.54, 1.807) is 12.3 Å². The van der Waals surface area contributed by atoms with Crippen LogP contribution in [-0.4, -0.2) is 35.4 Å². The summed E-state index contributed by atoms with van der Waals surface area (Å²) in [5, 5.41) is 2.79. The fraction of sp³-hybridized carbons (Fsp3) is 0.500. The molecule has 1 heterocycles. The number of hydrazine groups is 1.